The fourth-order valence-corrected chi connectivity index (χ4v) is 3.34. The molecule has 25 heavy (non-hydrogen) atoms. The van der Waals surface area contributed by atoms with Gasteiger partial charge in [0.15, 0.2) is 0 Å². The molecule has 2 aliphatic heterocycles. The normalized spacial score (nSPS) is 22.2. The fourth-order valence-electron chi connectivity index (χ4n) is 3.34. The van der Waals surface area contributed by atoms with Crippen molar-refractivity contribution in [2.75, 3.05) is 30.4 Å². The van der Waals surface area contributed by atoms with E-state index in [4.69, 9.17) is 5.26 Å². The fraction of sp³-hybridized carbons (Fsp3) is 0.500. The summed E-state index contributed by atoms with van der Waals surface area (Å²) >= 11 is 0. The van der Waals surface area contributed by atoms with E-state index in [1.54, 1.807) is 11.9 Å². The molecule has 9 heteroatoms. The van der Waals surface area contributed by atoms with Gasteiger partial charge >= 0.3 is 0 Å². The van der Waals surface area contributed by atoms with E-state index >= 15 is 0 Å². The molecular formula is C16H18N6O3. The van der Waals surface area contributed by atoms with Crippen LogP contribution in [0.25, 0.3) is 0 Å². The minimum Gasteiger partial charge on any atom is -0.354 e. The number of likely N-dealkylation sites (tertiary alicyclic amines) is 1. The summed E-state index contributed by atoms with van der Waals surface area (Å²) in [5, 5.41) is 11.2. The van der Waals surface area contributed by atoms with E-state index in [2.05, 4.69) is 22.2 Å². The Morgan fingerprint density at radius 2 is 2.24 bits per heavy atom. The third-order valence-corrected chi connectivity index (χ3v) is 4.83. The molecular weight excluding hydrogens is 324 g/mol. The lowest BCUT2D eigenvalue weighted by Crippen LogP contribution is -2.53. The van der Waals surface area contributed by atoms with Crippen molar-refractivity contribution in [3.05, 3.63) is 11.9 Å². The molecule has 1 N–H and O–H groups in total. The predicted octanol–water partition coefficient (Wildman–Crippen LogP) is 0.198. The topological polar surface area (TPSA) is 119 Å². The van der Waals surface area contributed by atoms with Gasteiger partial charge in [0.2, 0.25) is 5.91 Å². The van der Waals surface area contributed by atoms with Crippen molar-refractivity contribution in [2.45, 2.75) is 25.8 Å². The molecule has 9 nitrogen and oxygen atoms in total. The number of hydrogen-bond acceptors (Lipinski definition) is 7. The zero-order chi connectivity index (χ0) is 18.1. The number of nitrogens with zero attached hydrogens (tertiary/aromatic N) is 5. The van der Waals surface area contributed by atoms with Gasteiger partial charge in [0, 0.05) is 20.1 Å². The third-order valence-electron chi connectivity index (χ3n) is 4.83. The van der Waals surface area contributed by atoms with Gasteiger partial charge in [0.25, 0.3) is 11.7 Å². The van der Waals surface area contributed by atoms with Crippen molar-refractivity contribution < 1.29 is 14.4 Å². The van der Waals surface area contributed by atoms with E-state index < -0.39 is 11.7 Å². The average Bonchev–Trinajstić information content (AvgIpc) is 2.89. The van der Waals surface area contributed by atoms with Crippen LogP contribution in [0.5, 0.6) is 0 Å². The van der Waals surface area contributed by atoms with Gasteiger partial charge in [-0.3, -0.25) is 14.4 Å². The number of rotatable bonds is 3. The molecule has 1 aromatic rings. The molecule has 0 saturated carbocycles. The number of likely N-dealkylation sites (N-methyl/N-ethyl adjacent to an activating group) is 1. The molecule has 0 spiro atoms. The molecule has 0 unspecified atom stereocenters. The maximum absolute atomic E-state index is 12.1. The highest BCUT2D eigenvalue weighted by atomic mass is 16.2. The summed E-state index contributed by atoms with van der Waals surface area (Å²) in [6.07, 6.45) is 1.94. The van der Waals surface area contributed by atoms with E-state index in [0.717, 1.165) is 6.42 Å². The Bertz CT molecular complexity index is 787. The van der Waals surface area contributed by atoms with Gasteiger partial charge < -0.3 is 15.1 Å². The SMILES string of the molecule is C[C@@H]1CCN(C(=O)CC#N)C[C@@H]1N(C)c1ncnc2c1C(=O)C(=O)N2. The summed E-state index contributed by atoms with van der Waals surface area (Å²) in [5.74, 6) is -0.728. The lowest BCUT2D eigenvalue weighted by molar-refractivity contribution is -0.131. The number of nitriles is 1. The molecule has 130 valence electrons. The number of piperidine rings is 1. The Labute approximate surface area is 144 Å². The van der Waals surface area contributed by atoms with Gasteiger partial charge in [-0.05, 0) is 12.3 Å². The van der Waals surface area contributed by atoms with Crippen LogP contribution in [-0.4, -0.2) is 58.6 Å². The lowest BCUT2D eigenvalue weighted by Gasteiger charge is -2.42. The first-order chi connectivity index (χ1) is 11.9. The van der Waals surface area contributed by atoms with Crippen molar-refractivity contribution in [3.63, 3.8) is 0 Å². The van der Waals surface area contributed by atoms with E-state index in [-0.39, 0.29) is 35.7 Å². The van der Waals surface area contributed by atoms with Crippen LogP contribution in [0.1, 0.15) is 30.1 Å². The summed E-state index contributed by atoms with van der Waals surface area (Å²) < 4.78 is 0. The van der Waals surface area contributed by atoms with Crippen LogP contribution in [0.2, 0.25) is 0 Å². The first-order valence-electron chi connectivity index (χ1n) is 8.02. The van der Waals surface area contributed by atoms with Crippen molar-refractivity contribution >= 4 is 29.2 Å². The molecule has 1 saturated heterocycles. The van der Waals surface area contributed by atoms with Crippen LogP contribution in [0, 0.1) is 17.2 Å². The number of Topliss-reactive ketones (excluding diaryl/α,β-unsaturated/α-hetero) is 1. The number of aromatic nitrogens is 2. The molecule has 2 atom stereocenters. The number of fused-ring (bicyclic) bond motifs is 1. The summed E-state index contributed by atoms with van der Waals surface area (Å²) in [4.78, 5) is 47.4. The van der Waals surface area contributed by atoms with Crippen LogP contribution < -0.4 is 10.2 Å². The minimum atomic E-state index is -0.715. The molecule has 3 rings (SSSR count). The summed E-state index contributed by atoms with van der Waals surface area (Å²) in [7, 11) is 1.79. The van der Waals surface area contributed by atoms with Gasteiger partial charge in [-0.1, -0.05) is 6.92 Å². The van der Waals surface area contributed by atoms with Gasteiger partial charge in [-0.15, -0.1) is 0 Å². The van der Waals surface area contributed by atoms with Crippen molar-refractivity contribution in [1.29, 1.82) is 5.26 Å². The monoisotopic (exact) mass is 342 g/mol. The van der Waals surface area contributed by atoms with Gasteiger partial charge in [-0.2, -0.15) is 5.26 Å². The Kier molecular flexibility index (Phi) is 4.35. The van der Waals surface area contributed by atoms with E-state index in [0.29, 0.717) is 18.9 Å². The lowest BCUT2D eigenvalue weighted by atomic mass is 9.92. The molecule has 0 radical (unpaired) electrons. The van der Waals surface area contributed by atoms with Gasteiger partial charge in [-0.25, -0.2) is 9.97 Å². The first-order valence-corrected chi connectivity index (χ1v) is 8.02. The van der Waals surface area contributed by atoms with E-state index in [1.165, 1.54) is 6.33 Å². The average molecular weight is 342 g/mol. The number of hydrogen-bond donors (Lipinski definition) is 1. The molecule has 0 bridgehead atoms. The van der Waals surface area contributed by atoms with Crippen LogP contribution in [-0.2, 0) is 9.59 Å². The van der Waals surface area contributed by atoms with Crippen LogP contribution in [0.4, 0.5) is 11.6 Å². The van der Waals surface area contributed by atoms with E-state index in [1.807, 2.05) is 11.0 Å². The van der Waals surface area contributed by atoms with Gasteiger partial charge in [0.05, 0.1) is 12.1 Å². The summed E-state index contributed by atoms with van der Waals surface area (Å²) in [6, 6.07) is 1.80. The van der Waals surface area contributed by atoms with Gasteiger partial charge in [0.1, 0.15) is 29.9 Å². The highest BCUT2D eigenvalue weighted by Gasteiger charge is 2.38. The molecule has 2 amide bonds. The molecule has 1 aromatic heterocycles. The molecule has 3 heterocycles. The Hall–Kier alpha value is -3.02. The first kappa shape index (κ1) is 16.8. The highest BCUT2D eigenvalue weighted by Crippen LogP contribution is 2.32. The van der Waals surface area contributed by atoms with E-state index in [9.17, 15) is 14.4 Å². The maximum Gasteiger partial charge on any atom is 0.298 e. The quantitative estimate of drug-likeness (QED) is 0.779. The number of ketones is 1. The Morgan fingerprint density at radius 3 is 2.96 bits per heavy atom. The minimum absolute atomic E-state index is 0.0844. The number of amides is 2. The van der Waals surface area contributed by atoms with Crippen LogP contribution in [0.3, 0.4) is 0 Å². The largest absolute Gasteiger partial charge is 0.354 e. The van der Waals surface area contributed by atoms with Crippen LogP contribution >= 0.6 is 0 Å². The maximum atomic E-state index is 12.1. The smallest absolute Gasteiger partial charge is 0.298 e. The zero-order valence-corrected chi connectivity index (χ0v) is 14.0. The number of carbonyl (C=O) groups excluding carboxylic acids is 3. The molecule has 1 fully saturated rings. The highest BCUT2D eigenvalue weighted by molar-refractivity contribution is 6.52. The second kappa shape index (κ2) is 6.47. The summed E-state index contributed by atoms with van der Waals surface area (Å²) in [5.41, 5.74) is 0.169. The van der Waals surface area contributed by atoms with Crippen molar-refractivity contribution in [2.24, 2.45) is 5.92 Å². The number of nitrogens with one attached hydrogen (secondary N) is 1. The third kappa shape index (κ3) is 2.91. The Morgan fingerprint density at radius 1 is 1.48 bits per heavy atom. The van der Waals surface area contributed by atoms with Crippen LogP contribution in [0.15, 0.2) is 6.33 Å². The second-order valence-electron chi connectivity index (χ2n) is 6.32. The molecule has 0 aromatic carbocycles. The number of anilines is 2. The molecule has 2 aliphatic rings. The molecule has 0 aliphatic carbocycles. The predicted molar refractivity (Wildman–Crippen MR) is 87.8 cm³/mol. The van der Waals surface area contributed by atoms with Crippen molar-refractivity contribution in [3.8, 4) is 6.07 Å². The second-order valence-corrected chi connectivity index (χ2v) is 6.32. The van der Waals surface area contributed by atoms with Crippen molar-refractivity contribution in [1.82, 2.24) is 14.9 Å². The zero-order valence-electron chi connectivity index (χ0n) is 14.0. The Balaban J connectivity index is 1.88. The number of carbonyl (C=O) groups is 3. The summed E-state index contributed by atoms with van der Waals surface area (Å²) in [6.45, 7) is 3.11. The standard InChI is InChI=1S/C16H18N6O3/c1-9-4-6-22(11(23)3-5-17)7-10(9)21(2)15-12-13(24)16(25)20-14(12)18-8-19-15/h8-10H,3-4,6-7H2,1-2H3,(H,18,19,20,24,25)/t9-,10+/m1/s1.